The molecule has 0 bridgehead atoms. The highest BCUT2D eigenvalue weighted by atomic mass is 19.1. The molecule has 1 fully saturated rings. The Morgan fingerprint density at radius 2 is 1.78 bits per heavy atom. The Morgan fingerprint density at radius 3 is 2.52 bits per heavy atom. The molecule has 232 valence electrons. The van der Waals surface area contributed by atoms with Crippen molar-refractivity contribution in [2.45, 2.75) is 31.7 Å². The summed E-state index contributed by atoms with van der Waals surface area (Å²) in [5.74, 6) is 0.149. The van der Waals surface area contributed by atoms with Crippen molar-refractivity contribution < 1.29 is 18.3 Å². The van der Waals surface area contributed by atoms with Crippen molar-refractivity contribution in [3.05, 3.63) is 115 Å². The van der Waals surface area contributed by atoms with Gasteiger partial charge in [0, 0.05) is 42.8 Å². The molecule has 9 nitrogen and oxygen atoms in total. The van der Waals surface area contributed by atoms with Gasteiger partial charge < -0.3 is 15.0 Å². The standard InChI is InChI=1S/C35H31F2N7O2/c36-26-6-11-31(32(37)21-26)34(45)43-18-14-24(15-19-43)20-28(12-16-38)44-23-25(22-40-44)33-13-17-39-35(42-33)41-27-7-9-30(10-8-27)46-29-4-2-1-3-5-29/h1-11,13,17,21-24,28H,12,14-15,18-20H2,(H,39,41,42). The molecule has 11 heteroatoms. The molecule has 46 heavy (non-hydrogen) atoms. The average molecular weight is 620 g/mol. The number of aromatic nitrogens is 4. The summed E-state index contributed by atoms with van der Waals surface area (Å²) in [6.07, 6.45) is 7.71. The second kappa shape index (κ2) is 14.0. The molecule has 1 unspecified atom stereocenters. The zero-order valence-electron chi connectivity index (χ0n) is 24.9. The van der Waals surface area contributed by atoms with Gasteiger partial charge in [-0.15, -0.1) is 0 Å². The van der Waals surface area contributed by atoms with Gasteiger partial charge in [-0.2, -0.15) is 10.4 Å². The molecule has 0 aliphatic carbocycles. The minimum atomic E-state index is -0.856. The molecular formula is C35H31F2N7O2. The maximum atomic E-state index is 14.2. The number of anilines is 2. The van der Waals surface area contributed by atoms with Gasteiger partial charge in [0.15, 0.2) is 0 Å². The quantitative estimate of drug-likeness (QED) is 0.172. The number of benzene rings is 3. The highest BCUT2D eigenvalue weighted by Crippen LogP contribution is 2.31. The number of piperidine rings is 1. The molecule has 1 saturated heterocycles. The first-order chi connectivity index (χ1) is 22.4. The van der Waals surface area contributed by atoms with Crippen LogP contribution in [0.25, 0.3) is 11.3 Å². The van der Waals surface area contributed by atoms with Crippen molar-refractivity contribution in [2.24, 2.45) is 5.92 Å². The van der Waals surface area contributed by atoms with Gasteiger partial charge in [0.25, 0.3) is 5.91 Å². The normalized spacial score (nSPS) is 14.0. The third-order valence-corrected chi connectivity index (χ3v) is 8.01. The molecule has 0 saturated carbocycles. The lowest BCUT2D eigenvalue weighted by molar-refractivity contribution is 0.0674. The molecule has 0 radical (unpaired) electrons. The van der Waals surface area contributed by atoms with E-state index < -0.39 is 17.5 Å². The van der Waals surface area contributed by atoms with Crippen LogP contribution in [0.2, 0.25) is 0 Å². The van der Waals surface area contributed by atoms with Gasteiger partial charge in [-0.1, -0.05) is 18.2 Å². The van der Waals surface area contributed by atoms with Crippen LogP contribution in [0.3, 0.4) is 0 Å². The van der Waals surface area contributed by atoms with Crippen molar-refractivity contribution in [2.75, 3.05) is 18.4 Å². The molecule has 1 amide bonds. The number of para-hydroxylation sites is 1. The Bertz CT molecular complexity index is 1830. The van der Waals surface area contributed by atoms with E-state index in [1.807, 2.05) is 65.5 Å². The molecule has 1 N–H and O–H groups in total. The third-order valence-electron chi connectivity index (χ3n) is 8.01. The molecule has 1 atom stereocenters. The number of rotatable bonds is 10. The molecule has 3 aromatic carbocycles. The Kier molecular flexibility index (Phi) is 9.24. The van der Waals surface area contributed by atoms with Crippen molar-refractivity contribution in [1.29, 1.82) is 5.26 Å². The lowest BCUT2D eigenvalue weighted by Gasteiger charge is -2.33. The van der Waals surface area contributed by atoms with E-state index in [-0.39, 0.29) is 23.9 Å². The average Bonchev–Trinajstić information content (AvgIpc) is 3.57. The smallest absolute Gasteiger partial charge is 0.256 e. The Balaban J connectivity index is 1.06. The first kappa shape index (κ1) is 30.4. The first-order valence-electron chi connectivity index (χ1n) is 15.0. The second-order valence-electron chi connectivity index (χ2n) is 11.2. The van der Waals surface area contributed by atoms with Crippen molar-refractivity contribution >= 4 is 17.5 Å². The number of ether oxygens (including phenoxy) is 1. The lowest BCUT2D eigenvalue weighted by Crippen LogP contribution is -2.39. The molecule has 5 aromatic rings. The summed E-state index contributed by atoms with van der Waals surface area (Å²) in [4.78, 5) is 23.4. The van der Waals surface area contributed by atoms with Gasteiger partial charge in [-0.05, 0) is 79.8 Å². The summed E-state index contributed by atoms with van der Waals surface area (Å²) in [6, 6.07) is 24.0. The number of amides is 1. The van der Waals surface area contributed by atoms with Gasteiger partial charge in [0.05, 0.1) is 36.0 Å². The van der Waals surface area contributed by atoms with Gasteiger partial charge >= 0.3 is 0 Å². The van der Waals surface area contributed by atoms with Gasteiger partial charge in [0.1, 0.15) is 23.1 Å². The second-order valence-corrected chi connectivity index (χ2v) is 11.2. The summed E-state index contributed by atoms with van der Waals surface area (Å²) in [6.45, 7) is 0.923. The van der Waals surface area contributed by atoms with Crippen molar-refractivity contribution in [3.63, 3.8) is 0 Å². The highest BCUT2D eigenvalue weighted by molar-refractivity contribution is 5.94. The van der Waals surface area contributed by atoms with Crippen molar-refractivity contribution in [3.8, 4) is 28.8 Å². The largest absolute Gasteiger partial charge is 0.457 e. The third kappa shape index (κ3) is 7.35. The minimum Gasteiger partial charge on any atom is -0.457 e. The van der Waals surface area contributed by atoms with Gasteiger partial charge in [-0.25, -0.2) is 18.7 Å². The van der Waals surface area contributed by atoms with Gasteiger partial charge in [0.2, 0.25) is 5.95 Å². The lowest BCUT2D eigenvalue weighted by atomic mass is 9.89. The van der Waals surface area contributed by atoms with Crippen LogP contribution in [0.1, 0.15) is 42.1 Å². The molecule has 0 spiro atoms. The fourth-order valence-corrected chi connectivity index (χ4v) is 5.59. The number of halogens is 2. The van der Waals surface area contributed by atoms with E-state index in [0.29, 0.717) is 49.7 Å². The fraction of sp³-hybridized carbons (Fsp3) is 0.229. The summed E-state index contributed by atoms with van der Waals surface area (Å²) in [5.41, 5.74) is 2.16. The maximum Gasteiger partial charge on any atom is 0.256 e. The predicted octanol–water partition coefficient (Wildman–Crippen LogP) is 7.55. The van der Waals surface area contributed by atoms with E-state index in [1.54, 1.807) is 23.4 Å². The van der Waals surface area contributed by atoms with E-state index in [9.17, 15) is 18.8 Å². The number of nitrogens with zero attached hydrogens (tertiary/aromatic N) is 6. The number of likely N-dealkylation sites (tertiary alicyclic amines) is 1. The first-order valence-corrected chi connectivity index (χ1v) is 15.0. The monoisotopic (exact) mass is 619 g/mol. The predicted molar refractivity (Wildman–Crippen MR) is 168 cm³/mol. The van der Waals surface area contributed by atoms with E-state index in [1.165, 1.54) is 6.07 Å². The van der Waals surface area contributed by atoms with E-state index >= 15 is 0 Å². The number of nitriles is 1. The summed E-state index contributed by atoms with van der Waals surface area (Å²) < 4.78 is 35.1. The zero-order chi connectivity index (χ0) is 31.9. The zero-order valence-corrected chi connectivity index (χ0v) is 24.9. The Labute approximate surface area is 265 Å². The highest BCUT2D eigenvalue weighted by Gasteiger charge is 2.28. The summed E-state index contributed by atoms with van der Waals surface area (Å²) in [5, 5.41) is 17.4. The minimum absolute atomic E-state index is 0.124. The SMILES string of the molecule is N#CCC(CC1CCN(C(=O)c2ccc(F)cc2F)CC1)n1cc(-c2ccnc(Nc3ccc(Oc4ccccc4)cc3)n2)cn1. The molecule has 6 rings (SSSR count). The van der Waals surface area contributed by atoms with Crippen LogP contribution in [0, 0.1) is 28.9 Å². The van der Waals surface area contributed by atoms with Crippen LogP contribution in [0.15, 0.2) is 97.5 Å². The topological polar surface area (TPSA) is 109 Å². The number of carbonyl (C=O) groups excluding carboxylic acids is 1. The molecule has 1 aliphatic rings. The Hall–Kier alpha value is -5.63. The van der Waals surface area contributed by atoms with E-state index in [2.05, 4.69) is 26.5 Å². The van der Waals surface area contributed by atoms with E-state index in [4.69, 9.17) is 4.74 Å². The van der Waals surface area contributed by atoms with Crippen LogP contribution >= 0.6 is 0 Å². The van der Waals surface area contributed by atoms with Crippen LogP contribution < -0.4 is 10.1 Å². The van der Waals surface area contributed by atoms with Gasteiger partial charge in [-0.3, -0.25) is 9.48 Å². The molecule has 1 aliphatic heterocycles. The number of hydrogen-bond donors (Lipinski definition) is 1. The van der Waals surface area contributed by atoms with Crippen LogP contribution in [-0.2, 0) is 0 Å². The van der Waals surface area contributed by atoms with Crippen LogP contribution in [0.4, 0.5) is 20.4 Å². The number of carbonyl (C=O) groups is 1. The molecular weight excluding hydrogens is 588 g/mol. The van der Waals surface area contributed by atoms with E-state index in [0.717, 1.165) is 29.1 Å². The molecule has 3 heterocycles. The van der Waals surface area contributed by atoms with Crippen LogP contribution in [0.5, 0.6) is 11.5 Å². The fourth-order valence-electron chi connectivity index (χ4n) is 5.59. The molecule has 2 aromatic heterocycles. The Morgan fingerprint density at radius 1 is 1.02 bits per heavy atom. The summed E-state index contributed by atoms with van der Waals surface area (Å²) >= 11 is 0. The van der Waals surface area contributed by atoms with Crippen LogP contribution in [-0.4, -0.2) is 43.6 Å². The number of nitrogens with one attached hydrogen (secondary N) is 1. The number of hydrogen-bond acceptors (Lipinski definition) is 7. The maximum absolute atomic E-state index is 14.2. The van der Waals surface area contributed by atoms with Crippen molar-refractivity contribution in [1.82, 2.24) is 24.6 Å². The summed E-state index contributed by atoms with van der Waals surface area (Å²) in [7, 11) is 0.